The van der Waals surface area contributed by atoms with E-state index in [1.165, 1.54) is 12.1 Å². The van der Waals surface area contributed by atoms with E-state index in [-0.39, 0.29) is 12.0 Å². The van der Waals surface area contributed by atoms with Gasteiger partial charge in [0, 0.05) is 48.9 Å². The maximum Gasteiger partial charge on any atom is 0.416 e. The number of benzene rings is 2. The fraction of sp³-hybridized carbons (Fsp3) is 0.143. The van der Waals surface area contributed by atoms with Gasteiger partial charge in [-0.1, -0.05) is 24.3 Å². The lowest BCUT2D eigenvalue weighted by Crippen LogP contribution is -2.09. The molecule has 0 aliphatic heterocycles. The van der Waals surface area contributed by atoms with Crippen LogP contribution in [0, 0.1) is 6.92 Å². The molecular formula is C28H22F3N5O. The molecule has 0 saturated heterocycles. The van der Waals surface area contributed by atoms with Crippen molar-refractivity contribution in [2.75, 3.05) is 5.32 Å². The lowest BCUT2D eigenvalue weighted by molar-refractivity contribution is -0.137. The molecule has 9 heteroatoms. The van der Waals surface area contributed by atoms with Crippen LogP contribution in [0.15, 0.2) is 79.3 Å². The Morgan fingerprint density at radius 2 is 1.86 bits per heavy atom. The van der Waals surface area contributed by atoms with E-state index in [1.54, 1.807) is 18.5 Å². The monoisotopic (exact) mass is 501 g/mol. The van der Waals surface area contributed by atoms with Crippen LogP contribution in [-0.2, 0) is 19.6 Å². The summed E-state index contributed by atoms with van der Waals surface area (Å²) in [4.78, 5) is 26.4. The predicted molar refractivity (Wildman–Crippen MR) is 136 cm³/mol. The molecule has 0 amide bonds. The van der Waals surface area contributed by atoms with Crippen molar-refractivity contribution in [1.29, 1.82) is 0 Å². The number of aromatic nitrogens is 4. The standard InChI is InChI=1S/C28H22F3N5O/c1-17-8-9-18(14-24(37)19-5-3-7-21(15-19)28(29,30)31)13-23(17)34-27-25-22(10-12-36(25)2)33-26(35-27)20-6-4-11-32-16-20/h3-13,15-16H,14H2,1-2H3,(H,33,34,35). The average molecular weight is 502 g/mol. The number of nitrogens with zero attached hydrogens (tertiary/aromatic N) is 4. The number of carbonyl (C=O) groups is 1. The quantitative estimate of drug-likeness (QED) is 0.268. The Balaban J connectivity index is 1.47. The number of pyridine rings is 1. The zero-order chi connectivity index (χ0) is 26.2. The maximum atomic E-state index is 13.1. The number of aryl methyl sites for hydroxylation is 2. The highest BCUT2D eigenvalue weighted by atomic mass is 19.4. The lowest BCUT2D eigenvalue weighted by atomic mass is 9.99. The first-order valence-electron chi connectivity index (χ1n) is 11.5. The number of rotatable bonds is 6. The molecule has 0 aliphatic rings. The van der Waals surface area contributed by atoms with Gasteiger partial charge in [0.2, 0.25) is 0 Å². The van der Waals surface area contributed by atoms with E-state index in [1.807, 2.05) is 55.1 Å². The van der Waals surface area contributed by atoms with Crippen LogP contribution < -0.4 is 5.32 Å². The molecule has 5 rings (SSSR count). The molecule has 0 bridgehead atoms. The van der Waals surface area contributed by atoms with Gasteiger partial charge in [0.05, 0.1) is 11.1 Å². The summed E-state index contributed by atoms with van der Waals surface area (Å²) < 4.78 is 41.2. The van der Waals surface area contributed by atoms with E-state index in [0.717, 1.165) is 40.0 Å². The minimum atomic E-state index is -4.51. The first-order valence-corrected chi connectivity index (χ1v) is 11.5. The van der Waals surface area contributed by atoms with Crippen LogP contribution in [0.25, 0.3) is 22.4 Å². The van der Waals surface area contributed by atoms with Crippen molar-refractivity contribution in [3.05, 3.63) is 102 Å². The Morgan fingerprint density at radius 1 is 1.03 bits per heavy atom. The van der Waals surface area contributed by atoms with Gasteiger partial charge in [-0.15, -0.1) is 0 Å². The zero-order valence-electron chi connectivity index (χ0n) is 20.0. The molecule has 2 aromatic carbocycles. The van der Waals surface area contributed by atoms with Gasteiger partial charge in [0.15, 0.2) is 17.4 Å². The molecule has 0 atom stereocenters. The van der Waals surface area contributed by atoms with Gasteiger partial charge in [-0.25, -0.2) is 9.97 Å². The first kappa shape index (κ1) is 24.2. The zero-order valence-corrected chi connectivity index (χ0v) is 20.0. The van der Waals surface area contributed by atoms with Gasteiger partial charge in [0.1, 0.15) is 5.52 Å². The summed E-state index contributed by atoms with van der Waals surface area (Å²) in [6.45, 7) is 1.92. The van der Waals surface area contributed by atoms with Crippen molar-refractivity contribution in [2.24, 2.45) is 7.05 Å². The summed E-state index contributed by atoms with van der Waals surface area (Å²) in [5, 5.41) is 3.38. The third-order valence-corrected chi connectivity index (χ3v) is 6.07. The molecule has 3 aromatic heterocycles. The van der Waals surface area contributed by atoms with E-state index in [2.05, 4.69) is 15.3 Å². The fourth-order valence-electron chi connectivity index (χ4n) is 4.10. The van der Waals surface area contributed by atoms with Gasteiger partial charge in [-0.2, -0.15) is 13.2 Å². The predicted octanol–water partition coefficient (Wildman–Crippen LogP) is 6.53. The van der Waals surface area contributed by atoms with Gasteiger partial charge in [-0.05, 0) is 54.4 Å². The molecule has 0 unspecified atom stereocenters. The second-order valence-corrected chi connectivity index (χ2v) is 8.75. The third-order valence-electron chi connectivity index (χ3n) is 6.07. The SMILES string of the molecule is Cc1ccc(CC(=O)c2cccc(C(F)(F)F)c2)cc1Nc1nc(-c2cccnc2)nc2ccn(C)c12. The van der Waals surface area contributed by atoms with Crippen molar-refractivity contribution in [3.8, 4) is 11.4 Å². The summed E-state index contributed by atoms with van der Waals surface area (Å²) >= 11 is 0. The summed E-state index contributed by atoms with van der Waals surface area (Å²) in [6, 6.07) is 15.6. The van der Waals surface area contributed by atoms with Gasteiger partial charge in [-0.3, -0.25) is 9.78 Å². The van der Waals surface area contributed by atoms with Crippen LogP contribution >= 0.6 is 0 Å². The second kappa shape index (κ2) is 9.50. The van der Waals surface area contributed by atoms with Crippen molar-refractivity contribution < 1.29 is 18.0 Å². The van der Waals surface area contributed by atoms with Crippen LogP contribution in [0.4, 0.5) is 24.7 Å². The molecule has 0 saturated carbocycles. The molecule has 0 radical (unpaired) electrons. The Bertz CT molecular complexity index is 1610. The van der Waals surface area contributed by atoms with Crippen molar-refractivity contribution >= 4 is 28.3 Å². The molecule has 0 aliphatic carbocycles. The van der Waals surface area contributed by atoms with Crippen LogP contribution in [0.3, 0.4) is 0 Å². The Hall–Kier alpha value is -4.53. The Morgan fingerprint density at radius 3 is 2.62 bits per heavy atom. The topological polar surface area (TPSA) is 72.7 Å². The summed E-state index contributed by atoms with van der Waals surface area (Å²) in [5.41, 5.74) is 3.82. The van der Waals surface area contributed by atoms with Crippen LogP contribution in [0.5, 0.6) is 0 Å². The number of halogens is 3. The van der Waals surface area contributed by atoms with Crippen molar-refractivity contribution in [2.45, 2.75) is 19.5 Å². The molecule has 1 N–H and O–H groups in total. The van der Waals surface area contributed by atoms with Crippen LogP contribution in [0.1, 0.15) is 27.0 Å². The van der Waals surface area contributed by atoms with Gasteiger partial charge >= 0.3 is 6.18 Å². The number of anilines is 2. The summed E-state index contributed by atoms with van der Waals surface area (Å²) in [5.74, 6) is 0.704. The van der Waals surface area contributed by atoms with Crippen molar-refractivity contribution in [3.63, 3.8) is 0 Å². The van der Waals surface area contributed by atoms with E-state index in [0.29, 0.717) is 17.2 Å². The van der Waals surface area contributed by atoms with Crippen LogP contribution in [-0.4, -0.2) is 25.3 Å². The number of Topliss-reactive ketones (excluding diaryl/α,β-unsaturated/α-hetero) is 1. The highest BCUT2D eigenvalue weighted by Crippen LogP contribution is 2.31. The highest BCUT2D eigenvalue weighted by molar-refractivity contribution is 5.98. The third kappa shape index (κ3) is 5.06. The minimum absolute atomic E-state index is 0.0207. The highest BCUT2D eigenvalue weighted by Gasteiger charge is 2.30. The molecule has 6 nitrogen and oxygen atoms in total. The molecule has 3 heterocycles. The van der Waals surface area contributed by atoms with Gasteiger partial charge in [0.25, 0.3) is 0 Å². The number of hydrogen-bond donors (Lipinski definition) is 1. The van der Waals surface area contributed by atoms with E-state index >= 15 is 0 Å². The van der Waals surface area contributed by atoms with Gasteiger partial charge < -0.3 is 9.88 Å². The number of ketones is 1. The van der Waals surface area contributed by atoms with E-state index in [9.17, 15) is 18.0 Å². The minimum Gasteiger partial charge on any atom is -0.346 e. The number of hydrogen-bond acceptors (Lipinski definition) is 5. The number of alkyl halides is 3. The molecule has 0 fully saturated rings. The largest absolute Gasteiger partial charge is 0.416 e. The first-order chi connectivity index (χ1) is 17.7. The van der Waals surface area contributed by atoms with E-state index < -0.39 is 17.5 Å². The number of carbonyl (C=O) groups excluding carboxylic acids is 1. The number of fused-ring (bicyclic) bond motifs is 1. The molecule has 37 heavy (non-hydrogen) atoms. The molecule has 0 spiro atoms. The summed E-state index contributed by atoms with van der Waals surface area (Å²) in [6.07, 6.45) is 0.721. The van der Waals surface area contributed by atoms with E-state index in [4.69, 9.17) is 4.98 Å². The summed E-state index contributed by atoms with van der Waals surface area (Å²) in [7, 11) is 1.90. The normalized spacial score (nSPS) is 11.6. The second-order valence-electron chi connectivity index (χ2n) is 8.75. The maximum absolute atomic E-state index is 13.1. The van der Waals surface area contributed by atoms with Crippen LogP contribution in [0.2, 0.25) is 0 Å². The fourth-order valence-corrected chi connectivity index (χ4v) is 4.10. The molecular weight excluding hydrogens is 479 g/mol. The molecule has 186 valence electrons. The number of nitrogens with one attached hydrogen (secondary N) is 1. The Kier molecular flexibility index (Phi) is 6.20. The lowest BCUT2D eigenvalue weighted by Gasteiger charge is -2.14. The van der Waals surface area contributed by atoms with Crippen molar-refractivity contribution in [1.82, 2.24) is 19.5 Å². The molecule has 5 aromatic rings. The smallest absolute Gasteiger partial charge is 0.346 e. The average Bonchev–Trinajstić information content (AvgIpc) is 3.27. The Labute approximate surface area is 210 Å².